The zero-order valence-electron chi connectivity index (χ0n) is 22.4. The van der Waals surface area contributed by atoms with Crippen LogP contribution in [0.15, 0.2) is 71.1 Å². The van der Waals surface area contributed by atoms with E-state index in [4.69, 9.17) is 9.84 Å². The summed E-state index contributed by atoms with van der Waals surface area (Å²) in [6.07, 6.45) is 3.49. The molecule has 0 saturated heterocycles. The number of benzene rings is 2. The van der Waals surface area contributed by atoms with Gasteiger partial charge in [0.2, 0.25) is 11.8 Å². The van der Waals surface area contributed by atoms with Gasteiger partial charge in [0.05, 0.1) is 17.9 Å². The van der Waals surface area contributed by atoms with Gasteiger partial charge in [0.1, 0.15) is 5.00 Å². The minimum absolute atomic E-state index is 0.0672. The Morgan fingerprint density at radius 3 is 2.42 bits per heavy atom. The molecule has 2 atom stereocenters. The largest absolute Gasteiger partial charge is 0.478 e. The second-order valence-corrected chi connectivity index (χ2v) is 12.0. The molecule has 0 saturated carbocycles. The summed E-state index contributed by atoms with van der Waals surface area (Å²) in [6, 6.07) is 17.2. The highest BCUT2D eigenvalue weighted by Gasteiger charge is 2.31. The second-order valence-electron chi connectivity index (χ2n) is 9.45. The number of nitrogens with one attached hydrogen (secondary N) is 2. The molecule has 0 fully saturated rings. The lowest BCUT2D eigenvalue weighted by Crippen LogP contribution is -2.23. The van der Waals surface area contributed by atoms with Gasteiger partial charge in [-0.25, -0.2) is 9.59 Å². The molecule has 3 N–H and O–H groups in total. The Kier molecular flexibility index (Phi) is 9.44. The highest BCUT2D eigenvalue weighted by molar-refractivity contribution is 8.00. The van der Waals surface area contributed by atoms with Crippen LogP contribution in [-0.4, -0.2) is 41.2 Å². The molecule has 2 amide bonds. The maximum Gasteiger partial charge on any atom is 0.341 e. The average molecular weight is 579 g/mol. The molecule has 0 unspecified atom stereocenters. The fourth-order valence-corrected chi connectivity index (χ4v) is 6.71. The lowest BCUT2D eigenvalue weighted by molar-refractivity contribution is -0.132. The summed E-state index contributed by atoms with van der Waals surface area (Å²) in [5.74, 6) is -2.02. The summed E-state index contributed by atoms with van der Waals surface area (Å²) in [6.45, 7) is 3.13. The molecular formula is C30H30N2O6S2. The SMILES string of the molecule is COC(=O)c1c(NC(=O)[C@@H](C)Sc2ccc(NC(=O)/C=C(/C)C(=O)O)cc2)sc2c1CC[C@H](c1ccccc1)C2. The van der Waals surface area contributed by atoms with E-state index in [-0.39, 0.29) is 11.5 Å². The molecule has 0 aliphatic heterocycles. The van der Waals surface area contributed by atoms with E-state index in [0.29, 0.717) is 22.2 Å². The van der Waals surface area contributed by atoms with E-state index in [1.165, 1.54) is 42.7 Å². The number of amides is 2. The van der Waals surface area contributed by atoms with Crippen molar-refractivity contribution in [1.82, 2.24) is 0 Å². The third-order valence-corrected chi connectivity index (χ3v) is 8.93. The molecule has 208 valence electrons. The number of fused-ring (bicyclic) bond motifs is 1. The molecule has 8 nitrogen and oxygen atoms in total. The highest BCUT2D eigenvalue weighted by Crippen LogP contribution is 2.43. The van der Waals surface area contributed by atoms with E-state index in [1.54, 1.807) is 31.2 Å². The second kappa shape index (κ2) is 13.0. The molecule has 0 spiro atoms. The van der Waals surface area contributed by atoms with Crippen LogP contribution in [0.2, 0.25) is 0 Å². The molecule has 1 aliphatic rings. The molecule has 0 radical (unpaired) electrons. The third kappa shape index (κ3) is 7.00. The van der Waals surface area contributed by atoms with Crippen LogP contribution in [0.3, 0.4) is 0 Å². The van der Waals surface area contributed by atoms with Crippen molar-refractivity contribution in [3.05, 3.63) is 87.8 Å². The van der Waals surface area contributed by atoms with E-state index in [9.17, 15) is 19.2 Å². The fraction of sp³-hybridized carbons (Fsp3) is 0.267. The van der Waals surface area contributed by atoms with E-state index in [0.717, 1.165) is 40.7 Å². The number of hydrogen-bond donors (Lipinski definition) is 3. The number of esters is 1. The quantitative estimate of drug-likeness (QED) is 0.164. The zero-order chi connectivity index (χ0) is 28.8. The zero-order valence-corrected chi connectivity index (χ0v) is 24.0. The standard InChI is InChI=1S/C30H30N2O6S2/c1-17(29(35)36)15-25(33)31-21-10-12-22(13-11-21)39-18(2)27(34)32-28-26(30(37)38-3)23-14-9-20(16-24(23)40-28)19-7-5-4-6-8-19/h4-8,10-13,15,18,20H,9,14,16H2,1-3H3,(H,31,33)(H,32,34)(H,35,36)/b17-15-/t18-,20+/m1/s1. The van der Waals surface area contributed by atoms with Gasteiger partial charge in [-0.1, -0.05) is 30.3 Å². The molecule has 0 bridgehead atoms. The van der Waals surface area contributed by atoms with Crippen molar-refractivity contribution in [1.29, 1.82) is 0 Å². The van der Waals surface area contributed by atoms with Gasteiger partial charge in [-0.05, 0) is 74.4 Å². The van der Waals surface area contributed by atoms with Crippen LogP contribution < -0.4 is 10.6 Å². The lowest BCUT2D eigenvalue weighted by atomic mass is 9.83. The van der Waals surface area contributed by atoms with Gasteiger partial charge in [-0.2, -0.15) is 0 Å². The number of thioether (sulfide) groups is 1. The van der Waals surface area contributed by atoms with Gasteiger partial charge >= 0.3 is 11.9 Å². The highest BCUT2D eigenvalue weighted by atomic mass is 32.2. The number of ether oxygens (including phenoxy) is 1. The summed E-state index contributed by atoms with van der Waals surface area (Å²) in [5, 5.41) is 14.5. The predicted octanol–water partition coefficient (Wildman–Crippen LogP) is 5.90. The normalized spacial score (nSPS) is 15.5. The van der Waals surface area contributed by atoms with Gasteiger partial charge in [-0.15, -0.1) is 23.1 Å². The Balaban J connectivity index is 1.42. The number of anilines is 2. The van der Waals surface area contributed by atoms with Crippen LogP contribution in [0, 0.1) is 0 Å². The summed E-state index contributed by atoms with van der Waals surface area (Å²) >= 11 is 2.79. The Morgan fingerprint density at radius 2 is 1.77 bits per heavy atom. The average Bonchev–Trinajstić information content (AvgIpc) is 3.30. The van der Waals surface area contributed by atoms with Crippen molar-refractivity contribution in [2.75, 3.05) is 17.7 Å². The van der Waals surface area contributed by atoms with Gasteiger partial charge < -0.3 is 20.5 Å². The van der Waals surface area contributed by atoms with E-state index in [1.807, 2.05) is 18.2 Å². The van der Waals surface area contributed by atoms with Crippen LogP contribution in [0.1, 0.15) is 52.5 Å². The first-order valence-electron chi connectivity index (χ1n) is 12.7. The van der Waals surface area contributed by atoms with Crippen molar-refractivity contribution in [3.63, 3.8) is 0 Å². The van der Waals surface area contributed by atoms with Crippen LogP contribution >= 0.6 is 23.1 Å². The third-order valence-electron chi connectivity index (χ3n) is 6.65. The molecular weight excluding hydrogens is 548 g/mol. The maximum atomic E-state index is 13.2. The molecule has 4 rings (SSSR count). The van der Waals surface area contributed by atoms with Crippen LogP contribution in [0.25, 0.3) is 0 Å². The number of carbonyl (C=O) groups is 4. The van der Waals surface area contributed by atoms with Crippen molar-refractivity contribution < 1.29 is 29.0 Å². The predicted molar refractivity (Wildman–Crippen MR) is 157 cm³/mol. The van der Waals surface area contributed by atoms with E-state index in [2.05, 4.69) is 22.8 Å². The summed E-state index contributed by atoms with van der Waals surface area (Å²) in [4.78, 5) is 50.7. The molecule has 1 aliphatic carbocycles. The Morgan fingerprint density at radius 1 is 1.07 bits per heavy atom. The Hall–Kier alpha value is -3.89. The van der Waals surface area contributed by atoms with Crippen LogP contribution in [0.5, 0.6) is 0 Å². The number of carbonyl (C=O) groups excluding carboxylic acids is 3. The monoisotopic (exact) mass is 578 g/mol. The van der Waals surface area contributed by atoms with Gasteiger partial charge in [0, 0.05) is 27.1 Å². The number of rotatable bonds is 9. The molecule has 1 heterocycles. The van der Waals surface area contributed by atoms with Crippen molar-refractivity contribution in [2.24, 2.45) is 0 Å². The van der Waals surface area contributed by atoms with Crippen molar-refractivity contribution in [3.8, 4) is 0 Å². The van der Waals surface area contributed by atoms with Gasteiger partial charge in [0.15, 0.2) is 0 Å². The summed E-state index contributed by atoms with van der Waals surface area (Å²) < 4.78 is 5.07. The molecule has 10 heteroatoms. The number of hydrogen-bond acceptors (Lipinski definition) is 7. The number of thiophene rings is 1. The fourth-order valence-electron chi connectivity index (χ4n) is 4.53. The minimum Gasteiger partial charge on any atom is -0.478 e. The topological polar surface area (TPSA) is 122 Å². The first-order chi connectivity index (χ1) is 19.2. The smallest absolute Gasteiger partial charge is 0.341 e. The lowest BCUT2D eigenvalue weighted by Gasteiger charge is -2.22. The molecule has 1 aromatic heterocycles. The number of carboxylic acids is 1. The molecule has 2 aromatic carbocycles. The first-order valence-corrected chi connectivity index (χ1v) is 14.4. The number of aliphatic carboxylic acids is 1. The van der Waals surface area contributed by atoms with Crippen molar-refractivity contribution >= 4 is 57.5 Å². The Labute approximate surface area is 240 Å². The summed E-state index contributed by atoms with van der Waals surface area (Å²) in [7, 11) is 1.35. The van der Waals surface area contributed by atoms with Crippen LogP contribution in [0.4, 0.5) is 10.7 Å². The summed E-state index contributed by atoms with van der Waals surface area (Å²) in [5.41, 5.74) is 3.12. The molecule has 3 aromatic rings. The van der Waals surface area contributed by atoms with Crippen molar-refractivity contribution in [2.45, 2.75) is 49.2 Å². The number of methoxy groups -OCH3 is 1. The van der Waals surface area contributed by atoms with Crippen LogP contribution in [-0.2, 0) is 32.0 Å². The van der Waals surface area contributed by atoms with E-state index >= 15 is 0 Å². The number of carboxylic acid groups (broad SMARTS) is 1. The minimum atomic E-state index is -1.16. The van der Waals surface area contributed by atoms with E-state index < -0.39 is 23.1 Å². The molecule has 40 heavy (non-hydrogen) atoms. The Bertz CT molecular complexity index is 1450. The first kappa shape index (κ1) is 29.1. The maximum absolute atomic E-state index is 13.2. The van der Waals surface area contributed by atoms with Gasteiger partial charge in [0.25, 0.3) is 0 Å². The van der Waals surface area contributed by atoms with Gasteiger partial charge in [-0.3, -0.25) is 9.59 Å².